The van der Waals surface area contributed by atoms with E-state index in [0.717, 1.165) is 3.57 Å². The minimum absolute atomic E-state index is 0.0734. The fraction of sp³-hybridized carbons (Fsp3) is 0.300. The Labute approximate surface area is 186 Å². The Hall–Kier alpha value is -2.28. The summed E-state index contributed by atoms with van der Waals surface area (Å²) in [6.07, 6.45) is 1.09. The lowest BCUT2D eigenvalue weighted by Gasteiger charge is -2.26. The number of hydroxylamine groups is 3. The highest BCUT2D eigenvalue weighted by Gasteiger charge is 2.21. The van der Waals surface area contributed by atoms with Gasteiger partial charge in [-0.25, -0.2) is 14.9 Å². The number of carbonyl (C=O) groups excluding carboxylic acids is 2. The van der Waals surface area contributed by atoms with Crippen LogP contribution in [-0.2, 0) is 21.0 Å². The lowest BCUT2D eigenvalue weighted by atomic mass is 10.1. The van der Waals surface area contributed by atoms with E-state index in [9.17, 15) is 14.0 Å². The Balaban J connectivity index is 1.86. The fourth-order valence-electron chi connectivity index (χ4n) is 2.83. The zero-order valence-electron chi connectivity index (χ0n) is 16.0. The smallest absolute Gasteiger partial charge is 0.276 e. The number of carbonyl (C=O) groups is 2. The number of hydrogen-bond donors (Lipinski definition) is 3. The summed E-state index contributed by atoms with van der Waals surface area (Å²) in [5, 5.41) is 13.0. The molecule has 0 unspecified atom stereocenters. The number of anilines is 2. The summed E-state index contributed by atoms with van der Waals surface area (Å²) in [6, 6.07) is 9.63. The predicted octanol–water partition coefficient (Wildman–Crippen LogP) is 2.88. The van der Waals surface area contributed by atoms with E-state index in [-0.39, 0.29) is 36.9 Å². The molecule has 1 aliphatic rings. The van der Waals surface area contributed by atoms with Gasteiger partial charge < -0.3 is 10.4 Å². The third-order valence-corrected chi connectivity index (χ3v) is 4.94. The average molecular weight is 529 g/mol. The zero-order valence-corrected chi connectivity index (χ0v) is 18.1. The molecule has 2 amide bonds. The Morgan fingerprint density at radius 3 is 2.80 bits per heavy atom. The molecular formula is C20H21FIN3O5. The summed E-state index contributed by atoms with van der Waals surface area (Å²) in [7, 11) is 0. The van der Waals surface area contributed by atoms with Crippen LogP contribution in [0.25, 0.3) is 0 Å². The van der Waals surface area contributed by atoms with E-state index in [4.69, 9.17) is 14.8 Å². The standard InChI is InChI=1S/C20H21FIN3O5/c21-16-11-14(22)4-6-18(16)23-17-5-3-13(12-25-19(27)2-1-8-30-25)10-15(17)20(28)24-29-9-7-26/h3-6,10-11,23,26H,1-2,7-9,12H2,(H,24,28). The van der Waals surface area contributed by atoms with Crippen molar-refractivity contribution in [1.29, 1.82) is 0 Å². The number of nitrogens with zero attached hydrogens (tertiary/aromatic N) is 1. The molecule has 160 valence electrons. The minimum atomic E-state index is -0.579. The van der Waals surface area contributed by atoms with E-state index in [1.807, 2.05) is 22.6 Å². The SMILES string of the molecule is O=C(NOCCO)c1cc(CN2OCCCC2=O)ccc1Nc1ccc(I)cc1F. The maximum absolute atomic E-state index is 14.3. The second-order valence-corrected chi connectivity index (χ2v) is 7.75. The molecule has 3 rings (SSSR count). The van der Waals surface area contributed by atoms with E-state index in [1.54, 1.807) is 30.3 Å². The maximum atomic E-state index is 14.3. The van der Waals surface area contributed by atoms with Crippen LogP contribution in [0.15, 0.2) is 36.4 Å². The van der Waals surface area contributed by atoms with Crippen LogP contribution in [0.1, 0.15) is 28.8 Å². The van der Waals surface area contributed by atoms with Gasteiger partial charge in [0.05, 0.1) is 43.3 Å². The number of benzene rings is 2. The van der Waals surface area contributed by atoms with Gasteiger partial charge in [0.1, 0.15) is 5.82 Å². The maximum Gasteiger partial charge on any atom is 0.276 e. The van der Waals surface area contributed by atoms with Gasteiger partial charge in [-0.15, -0.1) is 0 Å². The molecule has 0 aliphatic carbocycles. The molecule has 3 N–H and O–H groups in total. The van der Waals surface area contributed by atoms with Crippen molar-refractivity contribution in [2.75, 3.05) is 25.1 Å². The van der Waals surface area contributed by atoms with E-state index in [0.29, 0.717) is 30.7 Å². The van der Waals surface area contributed by atoms with Crippen molar-refractivity contribution < 1.29 is 28.8 Å². The molecule has 0 spiro atoms. The zero-order chi connectivity index (χ0) is 21.5. The largest absolute Gasteiger partial charge is 0.394 e. The van der Waals surface area contributed by atoms with Crippen molar-refractivity contribution >= 4 is 45.8 Å². The van der Waals surface area contributed by atoms with Gasteiger partial charge in [-0.2, -0.15) is 0 Å². The van der Waals surface area contributed by atoms with E-state index >= 15 is 0 Å². The van der Waals surface area contributed by atoms with E-state index < -0.39 is 11.7 Å². The van der Waals surface area contributed by atoms with Gasteiger partial charge in [0.2, 0.25) is 5.91 Å². The van der Waals surface area contributed by atoms with Gasteiger partial charge in [0.15, 0.2) is 0 Å². The Kier molecular flexibility index (Phi) is 7.96. The summed E-state index contributed by atoms with van der Waals surface area (Å²) < 4.78 is 15.0. The first-order valence-corrected chi connectivity index (χ1v) is 10.4. The highest BCUT2D eigenvalue weighted by Crippen LogP contribution is 2.26. The van der Waals surface area contributed by atoms with Crippen LogP contribution in [0.5, 0.6) is 0 Å². The number of amides is 2. The first kappa shape index (κ1) is 22.4. The summed E-state index contributed by atoms with van der Waals surface area (Å²) in [5.41, 5.74) is 3.66. The number of halogens is 2. The van der Waals surface area contributed by atoms with E-state index in [2.05, 4.69) is 10.8 Å². The lowest BCUT2D eigenvalue weighted by molar-refractivity contribution is -0.201. The molecule has 2 aromatic rings. The molecule has 1 aliphatic heterocycles. The van der Waals surface area contributed by atoms with Crippen molar-refractivity contribution in [2.24, 2.45) is 0 Å². The molecule has 0 atom stereocenters. The molecule has 0 saturated carbocycles. The van der Waals surface area contributed by atoms with Crippen molar-refractivity contribution in [3.8, 4) is 0 Å². The normalized spacial score (nSPS) is 14.0. The molecule has 30 heavy (non-hydrogen) atoms. The molecule has 0 radical (unpaired) electrons. The summed E-state index contributed by atoms with van der Waals surface area (Å²) >= 11 is 2.01. The Morgan fingerprint density at radius 2 is 2.07 bits per heavy atom. The molecule has 1 heterocycles. The molecule has 1 fully saturated rings. The van der Waals surface area contributed by atoms with E-state index in [1.165, 1.54) is 11.1 Å². The van der Waals surface area contributed by atoms with Crippen LogP contribution in [0.3, 0.4) is 0 Å². The molecule has 8 nitrogen and oxygen atoms in total. The van der Waals surface area contributed by atoms with Gasteiger partial charge in [-0.1, -0.05) is 6.07 Å². The highest BCUT2D eigenvalue weighted by molar-refractivity contribution is 14.1. The summed E-state index contributed by atoms with van der Waals surface area (Å²) in [6.45, 7) is 0.304. The van der Waals surface area contributed by atoms with Gasteiger partial charge in [-0.3, -0.25) is 19.3 Å². The summed E-state index contributed by atoms with van der Waals surface area (Å²) in [5.74, 6) is -1.16. The van der Waals surface area contributed by atoms with Gasteiger partial charge in [0.25, 0.3) is 5.91 Å². The van der Waals surface area contributed by atoms with Gasteiger partial charge >= 0.3 is 0 Å². The van der Waals surface area contributed by atoms with Crippen LogP contribution >= 0.6 is 22.6 Å². The molecular weight excluding hydrogens is 508 g/mol. The Morgan fingerprint density at radius 1 is 1.27 bits per heavy atom. The van der Waals surface area contributed by atoms with Crippen LogP contribution in [0.2, 0.25) is 0 Å². The minimum Gasteiger partial charge on any atom is -0.394 e. The number of nitrogens with one attached hydrogen (secondary N) is 2. The number of aliphatic hydroxyl groups is 1. The predicted molar refractivity (Wildman–Crippen MR) is 115 cm³/mol. The molecule has 10 heteroatoms. The first-order chi connectivity index (χ1) is 14.5. The quantitative estimate of drug-likeness (QED) is 0.277. The van der Waals surface area contributed by atoms with Gasteiger partial charge in [-0.05, 0) is 64.9 Å². The lowest BCUT2D eigenvalue weighted by Crippen LogP contribution is -2.35. The topological polar surface area (TPSA) is 100 Å². The third kappa shape index (κ3) is 5.88. The first-order valence-electron chi connectivity index (χ1n) is 9.29. The van der Waals surface area contributed by atoms with Crippen molar-refractivity contribution in [3.05, 3.63) is 56.9 Å². The van der Waals surface area contributed by atoms with Crippen LogP contribution in [-0.4, -0.2) is 41.8 Å². The third-order valence-electron chi connectivity index (χ3n) is 4.27. The average Bonchev–Trinajstić information content (AvgIpc) is 2.73. The fourth-order valence-corrected chi connectivity index (χ4v) is 3.29. The molecule has 2 aromatic carbocycles. The van der Waals surface area contributed by atoms with Crippen LogP contribution < -0.4 is 10.8 Å². The Bertz CT molecular complexity index is 927. The van der Waals surface area contributed by atoms with Crippen LogP contribution in [0, 0.1) is 9.39 Å². The van der Waals surface area contributed by atoms with Crippen molar-refractivity contribution in [1.82, 2.24) is 10.5 Å². The second kappa shape index (κ2) is 10.7. The second-order valence-electron chi connectivity index (χ2n) is 6.50. The number of hydrogen-bond acceptors (Lipinski definition) is 6. The molecule has 0 aromatic heterocycles. The number of rotatable bonds is 8. The number of aliphatic hydroxyl groups excluding tert-OH is 1. The van der Waals surface area contributed by atoms with Crippen molar-refractivity contribution in [3.63, 3.8) is 0 Å². The molecule has 0 bridgehead atoms. The van der Waals surface area contributed by atoms with Crippen molar-refractivity contribution in [2.45, 2.75) is 19.4 Å². The monoisotopic (exact) mass is 529 g/mol. The van der Waals surface area contributed by atoms with Gasteiger partial charge in [0, 0.05) is 9.99 Å². The summed E-state index contributed by atoms with van der Waals surface area (Å²) in [4.78, 5) is 34.9. The van der Waals surface area contributed by atoms with Crippen LogP contribution in [0.4, 0.5) is 15.8 Å². The highest BCUT2D eigenvalue weighted by atomic mass is 127. The molecule has 1 saturated heterocycles.